The van der Waals surface area contributed by atoms with Crippen LogP contribution in [0.5, 0.6) is 11.5 Å². The van der Waals surface area contributed by atoms with E-state index < -0.39 is 12.1 Å². The van der Waals surface area contributed by atoms with Gasteiger partial charge in [0.1, 0.15) is 18.6 Å². The molecular formula is C15H17FN2O4. The molecule has 0 atom stereocenters. The quantitative estimate of drug-likeness (QED) is 0.634. The normalized spacial score (nSPS) is 15.1. The van der Waals surface area contributed by atoms with Crippen molar-refractivity contribution in [2.24, 2.45) is 5.16 Å². The number of oxime groups is 1. The fourth-order valence-corrected chi connectivity index (χ4v) is 2.00. The summed E-state index contributed by atoms with van der Waals surface area (Å²) in [5.41, 5.74) is 0.305. The number of hydrogen-bond acceptors (Lipinski definition) is 5. The highest BCUT2D eigenvalue weighted by molar-refractivity contribution is 5.93. The van der Waals surface area contributed by atoms with Crippen molar-refractivity contribution in [1.29, 1.82) is 0 Å². The molecule has 0 aliphatic carbocycles. The molecule has 0 fully saturated rings. The minimum atomic E-state index is -0.732. The van der Waals surface area contributed by atoms with E-state index in [4.69, 9.17) is 9.47 Å². The first-order valence-electron chi connectivity index (χ1n) is 6.71. The molecule has 1 aliphatic rings. The van der Waals surface area contributed by atoms with Gasteiger partial charge < -0.3 is 19.2 Å². The highest BCUT2D eigenvalue weighted by Gasteiger charge is 2.23. The van der Waals surface area contributed by atoms with Gasteiger partial charge in [0.15, 0.2) is 0 Å². The number of carbonyl (C=O) groups is 1. The van der Waals surface area contributed by atoms with Gasteiger partial charge in [-0.2, -0.15) is 4.39 Å². The van der Waals surface area contributed by atoms with E-state index in [0.717, 1.165) is 0 Å². The first kappa shape index (κ1) is 15.8. The molecule has 0 radical (unpaired) electrons. The van der Waals surface area contributed by atoms with Gasteiger partial charge in [0.05, 0.1) is 13.7 Å². The average molecular weight is 308 g/mol. The zero-order valence-corrected chi connectivity index (χ0v) is 12.4. The van der Waals surface area contributed by atoms with Crippen molar-refractivity contribution in [2.75, 3.05) is 27.3 Å². The molecule has 0 spiro atoms. The lowest BCUT2D eigenvalue weighted by atomic mass is 10.1. The molecule has 1 amide bonds. The Morgan fingerprint density at radius 1 is 1.23 bits per heavy atom. The van der Waals surface area contributed by atoms with Crippen LogP contribution in [0.3, 0.4) is 0 Å². The second-order valence-corrected chi connectivity index (χ2v) is 4.55. The third-order valence-corrected chi connectivity index (χ3v) is 3.11. The van der Waals surface area contributed by atoms with Crippen LogP contribution in [0.4, 0.5) is 9.18 Å². The van der Waals surface area contributed by atoms with Gasteiger partial charge in [-0.1, -0.05) is 11.2 Å². The number of benzene rings is 1. The lowest BCUT2D eigenvalue weighted by molar-refractivity contribution is 0.155. The van der Waals surface area contributed by atoms with E-state index in [-0.39, 0.29) is 6.54 Å². The van der Waals surface area contributed by atoms with Crippen LogP contribution in [0.15, 0.2) is 41.1 Å². The lowest BCUT2D eigenvalue weighted by Gasteiger charge is -2.25. The minimum Gasteiger partial charge on any atom is -0.497 e. The van der Waals surface area contributed by atoms with Gasteiger partial charge in [-0.3, -0.25) is 0 Å². The number of halogens is 1. The summed E-state index contributed by atoms with van der Waals surface area (Å²) in [6.45, 7) is 0.548. The van der Waals surface area contributed by atoms with Gasteiger partial charge >= 0.3 is 6.09 Å². The highest BCUT2D eigenvalue weighted by Crippen LogP contribution is 2.19. The predicted molar refractivity (Wildman–Crippen MR) is 78.8 cm³/mol. The Morgan fingerprint density at radius 3 is 2.55 bits per heavy atom. The van der Waals surface area contributed by atoms with E-state index in [1.807, 2.05) is 0 Å². The molecular weight excluding hydrogens is 291 g/mol. The number of rotatable bonds is 4. The monoisotopic (exact) mass is 308 g/mol. The number of methoxy groups -OCH3 is 1. The molecule has 118 valence electrons. The third kappa shape index (κ3) is 3.97. The van der Waals surface area contributed by atoms with Gasteiger partial charge in [0, 0.05) is 12.1 Å². The largest absolute Gasteiger partial charge is 0.497 e. The van der Waals surface area contributed by atoms with Crippen LogP contribution in [-0.4, -0.2) is 44.3 Å². The average Bonchev–Trinajstić information content (AvgIpc) is 2.56. The second-order valence-electron chi connectivity index (χ2n) is 4.55. The number of hydrogen-bond donors (Lipinski definition) is 0. The Labute approximate surface area is 127 Å². The van der Waals surface area contributed by atoms with E-state index in [9.17, 15) is 9.18 Å². The van der Waals surface area contributed by atoms with Gasteiger partial charge in [-0.15, -0.1) is 0 Å². The minimum absolute atomic E-state index is 0.0910. The molecule has 0 aromatic heterocycles. The van der Waals surface area contributed by atoms with Crippen molar-refractivity contribution < 1.29 is 23.5 Å². The summed E-state index contributed by atoms with van der Waals surface area (Å²) in [5.74, 6) is 0.332. The Kier molecular flexibility index (Phi) is 5.35. The maximum Gasteiger partial charge on any atom is 0.415 e. The van der Waals surface area contributed by atoms with Gasteiger partial charge in [-0.25, -0.2) is 4.79 Å². The topological polar surface area (TPSA) is 60.4 Å². The van der Waals surface area contributed by atoms with E-state index in [0.29, 0.717) is 30.0 Å². The van der Waals surface area contributed by atoms with E-state index in [1.54, 1.807) is 37.5 Å². The van der Waals surface area contributed by atoms with E-state index >= 15 is 0 Å². The van der Waals surface area contributed by atoms with Crippen molar-refractivity contribution in [2.45, 2.75) is 6.42 Å². The van der Waals surface area contributed by atoms with Crippen molar-refractivity contribution in [3.8, 4) is 11.5 Å². The molecule has 0 saturated carbocycles. The molecule has 7 heteroatoms. The maximum absolute atomic E-state index is 13.6. The van der Waals surface area contributed by atoms with Crippen LogP contribution in [-0.2, 0) is 4.84 Å². The summed E-state index contributed by atoms with van der Waals surface area (Å²) in [7, 11) is 2.82. The Balaban J connectivity index is 1.98. The molecule has 0 unspecified atom stereocenters. The van der Waals surface area contributed by atoms with Crippen molar-refractivity contribution in [1.82, 2.24) is 4.90 Å². The molecule has 1 aromatic rings. The molecule has 0 bridgehead atoms. The first-order chi connectivity index (χ1) is 10.6. The molecule has 1 aliphatic heterocycles. The van der Waals surface area contributed by atoms with Crippen LogP contribution < -0.4 is 9.47 Å². The summed E-state index contributed by atoms with van der Waals surface area (Å²) in [4.78, 5) is 17.9. The van der Waals surface area contributed by atoms with Gasteiger partial charge in [0.25, 0.3) is 5.97 Å². The van der Waals surface area contributed by atoms with E-state index in [2.05, 4.69) is 9.99 Å². The van der Waals surface area contributed by atoms with Gasteiger partial charge in [0.2, 0.25) is 0 Å². The molecule has 22 heavy (non-hydrogen) atoms. The van der Waals surface area contributed by atoms with Crippen LogP contribution in [0.25, 0.3) is 0 Å². The summed E-state index contributed by atoms with van der Waals surface area (Å²) in [6.07, 6.45) is 1.68. The maximum atomic E-state index is 13.6. The predicted octanol–water partition coefficient (Wildman–Crippen LogP) is 2.76. The van der Waals surface area contributed by atoms with Crippen molar-refractivity contribution in [3.63, 3.8) is 0 Å². The molecule has 6 nitrogen and oxygen atoms in total. The standard InChI is InChI=1S/C15H17FN2O4/c1-20-12-5-7-13(8-6-12)22-15(19)18-9-3-4-11(10-18)14(16)17-21-2/h4-8H,3,9-10H2,1-2H3/b17-14-. The molecule has 1 aromatic carbocycles. The number of ether oxygens (including phenoxy) is 2. The van der Waals surface area contributed by atoms with Crippen molar-refractivity contribution in [3.05, 3.63) is 35.9 Å². The Bertz CT molecular complexity index is 584. The van der Waals surface area contributed by atoms with E-state index in [1.165, 1.54) is 12.0 Å². The first-order valence-corrected chi connectivity index (χ1v) is 6.71. The van der Waals surface area contributed by atoms with Crippen LogP contribution in [0.2, 0.25) is 0 Å². The number of carbonyl (C=O) groups excluding carboxylic acids is 1. The molecule has 0 N–H and O–H groups in total. The number of nitrogens with zero attached hydrogens (tertiary/aromatic N) is 2. The summed E-state index contributed by atoms with van der Waals surface area (Å²) in [5, 5.41) is 3.23. The molecule has 0 saturated heterocycles. The second kappa shape index (κ2) is 7.44. The zero-order valence-electron chi connectivity index (χ0n) is 12.4. The fraction of sp³-hybridized carbons (Fsp3) is 0.333. The van der Waals surface area contributed by atoms with Crippen LogP contribution in [0, 0.1) is 0 Å². The van der Waals surface area contributed by atoms with Gasteiger partial charge in [-0.05, 0) is 30.7 Å². The Morgan fingerprint density at radius 2 is 1.91 bits per heavy atom. The number of amides is 1. The smallest absolute Gasteiger partial charge is 0.415 e. The SMILES string of the molecule is CO/N=C(\F)C1=CCCN(C(=O)Oc2ccc(OC)cc2)C1. The Hall–Kier alpha value is -2.57. The lowest BCUT2D eigenvalue weighted by Crippen LogP contribution is -2.38. The summed E-state index contributed by atoms with van der Waals surface area (Å²) >= 11 is 0. The summed E-state index contributed by atoms with van der Waals surface area (Å²) in [6, 6.07) is 6.64. The van der Waals surface area contributed by atoms with Crippen LogP contribution >= 0.6 is 0 Å². The highest BCUT2D eigenvalue weighted by atomic mass is 19.1. The molecule has 1 heterocycles. The fourth-order valence-electron chi connectivity index (χ4n) is 2.00. The third-order valence-electron chi connectivity index (χ3n) is 3.11. The van der Waals surface area contributed by atoms with Crippen LogP contribution in [0.1, 0.15) is 6.42 Å². The zero-order chi connectivity index (χ0) is 15.9. The molecule has 2 rings (SSSR count). The van der Waals surface area contributed by atoms with Crippen molar-refractivity contribution >= 4 is 12.1 Å². The summed E-state index contributed by atoms with van der Waals surface area (Å²) < 4.78 is 23.9.